The Kier molecular flexibility index (Phi) is 26.0. The van der Waals surface area contributed by atoms with Crippen LogP contribution in [-0.2, 0) is 87.5 Å². The van der Waals surface area contributed by atoms with E-state index in [1.54, 1.807) is 59.3 Å². The zero-order chi connectivity index (χ0) is 84.1. The standard InChI is InChI=1S/C26H31N5O4.C26H30N4O4.C21H23N5O.C17H28N4O/c1-6-35-14-21-29-22-23(31(21)15-26(2,3)33)19-12-11-18(13-20(19)28-24(22)27)16-7-9-17(10-8-16)25(32)30(4)34-5;1-4-32-15-22-29-23-24(30(22)12-19-14-33-26(2,3)34-19)20-10-9-18(11-21(20)28-25(23)27)17-7-5-16(13-31)6-8-17;1-4-17-25-18-19(26(17)12-21(2,3)27)15-6-5-14(11-16(15)24-20(18)22)13-7-9-23-10-8-13;1-4-22-10-14-20-15-16(21(14)9-11(2)3)12-7-5-6-8-13(12)19-17(15)18/h7-13,33H,6,14-15H2,1-5H3,(H2,27,28);5-11,19,31H,4,12-15H2,1-3H3,(H2,27,28);5-11,27H,4,12H2,1-3H3,(H2,22,24);11-13H,4-10H2,1-3H3,(H2,18,19). The van der Waals surface area contributed by atoms with Crippen LogP contribution in [0.25, 0.3) is 99.2 Å². The number of aliphatic imine (C=N–C) groups is 1. The number of aryl methyl sites for hydroxylation is 1. The first-order valence-electron chi connectivity index (χ1n) is 40.7. The maximum atomic E-state index is 12.3. The number of fused-ring (bicyclic) bond motifs is 12. The van der Waals surface area contributed by atoms with Gasteiger partial charge in [-0.1, -0.05) is 106 Å². The number of hydrogen-bond donors (Lipinski definition) is 7. The molecule has 0 spiro atoms. The minimum absolute atomic E-state index is 0.0229. The second-order valence-electron chi connectivity index (χ2n) is 32.4. The molecule has 3 unspecified atom stereocenters. The van der Waals surface area contributed by atoms with Crippen LogP contribution in [0.2, 0.25) is 0 Å². The number of anilines is 3. The van der Waals surface area contributed by atoms with Crippen LogP contribution in [0.5, 0.6) is 0 Å². The summed E-state index contributed by atoms with van der Waals surface area (Å²) in [6, 6.07) is 37.7. The summed E-state index contributed by atoms with van der Waals surface area (Å²) in [5, 5.41) is 34.3. The van der Waals surface area contributed by atoms with Crippen molar-refractivity contribution in [1.82, 2.24) is 63.2 Å². The Balaban J connectivity index is 0.000000138. The highest BCUT2D eigenvalue weighted by molar-refractivity contribution is 6.10. The Morgan fingerprint density at radius 1 is 0.585 bits per heavy atom. The molecule has 622 valence electrons. The topological polar surface area (TPSA) is 376 Å². The Labute approximate surface area is 687 Å². The van der Waals surface area contributed by atoms with Crippen molar-refractivity contribution in [1.29, 1.82) is 0 Å². The number of benzene rings is 5. The van der Waals surface area contributed by atoms with Crippen molar-refractivity contribution in [2.24, 2.45) is 16.6 Å². The summed E-state index contributed by atoms with van der Waals surface area (Å²) in [4.78, 5) is 59.0. The van der Waals surface area contributed by atoms with Crippen LogP contribution in [-0.4, -0.2) is 160 Å². The number of amides is 1. The number of carbonyl (C=O) groups is 1. The SMILES string of the molecule is CCOCc1nc2c(N)nc3cc(-c4ccc(C(=O)N(C)OC)cc4)ccc3c2n1CC(C)(C)O.CCOCc1nc2c(N)nc3cc(-c4ccc(CO)cc4)ccc3c2n1CC1COC(C)(C)O1.CCOCc1nc2c(n1CC(C)C)C1CCCCC1N=C2N.CCc1nc2c(N)nc3cc(-c4ccncc4)ccc3c2n1CC(C)(C)O. The van der Waals surface area contributed by atoms with Gasteiger partial charge in [-0.2, -0.15) is 0 Å². The van der Waals surface area contributed by atoms with Crippen molar-refractivity contribution in [2.45, 2.75) is 203 Å². The molecule has 1 amide bonds. The normalized spacial score (nSPS) is 15.9. The van der Waals surface area contributed by atoms with Crippen LogP contribution in [0.15, 0.2) is 133 Å². The number of nitrogen functional groups attached to an aromatic ring is 3. The van der Waals surface area contributed by atoms with E-state index in [9.17, 15) is 20.1 Å². The van der Waals surface area contributed by atoms with Gasteiger partial charge in [0.2, 0.25) is 0 Å². The number of carbonyl (C=O) groups excluding carboxylic acids is 1. The molecule has 16 rings (SSSR count). The summed E-state index contributed by atoms with van der Waals surface area (Å²) in [6.07, 6.45) is 9.08. The first-order valence-corrected chi connectivity index (χ1v) is 40.7. The van der Waals surface area contributed by atoms with Crippen molar-refractivity contribution >= 4 is 95.0 Å². The molecule has 0 radical (unpaired) electrons. The Morgan fingerprint density at radius 2 is 1.03 bits per heavy atom. The van der Waals surface area contributed by atoms with E-state index in [4.69, 9.17) is 76.4 Å². The lowest BCUT2D eigenvalue weighted by molar-refractivity contribution is -0.139. The molecule has 5 aromatic carbocycles. The lowest BCUT2D eigenvalue weighted by atomic mass is 9.80. The van der Waals surface area contributed by atoms with Gasteiger partial charge >= 0.3 is 0 Å². The Hall–Kier alpha value is -10.9. The van der Waals surface area contributed by atoms with Gasteiger partial charge in [0.25, 0.3) is 5.91 Å². The van der Waals surface area contributed by atoms with Crippen LogP contribution in [0.4, 0.5) is 17.5 Å². The number of nitrogens with zero attached hydrogens (tertiary/aromatic N) is 14. The van der Waals surface area contributed by atoms with Gasteiger partial charge in [0.1, 0.15) is 77.3 Å². The lowest BCUT2D eigenvalue weighted by Crippen LogP contribution is -2.34. The van der Waals surface area contributed by atoms with Gasteiger partial charge < -0.3 is 80.2 Å². The molecule has 11 N–H and O–H groups in total. The lowest BCUT2D eigenvalue weighted by Gasteiger charge is -2.33. The first-order chi connectivity index (χ1) is 56.5. The van der Waals surface area contributed by atoms with E-state index in [-0.39, 0.29) is 18.6 Å². The van der Waals surface area contributed by atoms with Gasteiger partial charge in [-0.25, -0.2) is 40.0 Å². The van der Waals surface area contributed by atoms with Crippen LogP contribution < -0.4 is 22.9 Å². The molecule has 118 heavy (non-hydrogen) atoms. The maximum absolute atomic E-state index is 12.3. The molecule has 2 fully saturated rings. The summed E-state index contributed by atoms with van der Waals surface area (Å²) in [5.74, 6) is 5.34. The molecule has 3 aliphatic rings. The highest BCUT2D eigenvalue weighted by Crippen LogP contribution is 2.42. The van der Waals surface area contributed by atoms with E-state index in [0.29, 0.717) is 141 Å². The summed E-state index contributed by atoms with van der Waals surface area (Å²) >= 11 is 0. The predicted molar refractivity (Wildman–Crippen MR) is 463 cm³/mol. The number of pyridine rings is 4. The molecule has 1 saturated heterocycles. The van der Waals surface area contributed by atoms with Crippen molar-refractivity contribution in [2.75, 3.05) is 57.8 Å². The number of rotatable bonds is 24. The largest absolute Gasteiger partial charge is 0.392 e. The number of aromatic nitrogens is 12. The molecule has 13 aromatic rings. The van der Waals surface area contributed by atoms with Crippen LogP contribution >= 0.6 is 0 Å². The summed E-state index contributed by atoms with van der Waals surface area (Å²) in [5.41, 5.74) is 40.1. The van der Waals surface area contributed by atoms with Gasteiger partial charge in [-0.3, -0.25) is 19.6 Å². The van der Waals surface area contributed by atoms with Crippen LogP contribution in [0.3, 0.4) is 0 Å². The predicted octanol–water partition coefficient (Wildman–Crippen LogP) is 14.2. The number of ether oxygens (including phenoxy) is 5. The van der Waals surface area contributed by atoms with Gasteiger partial charge in [0.05, 0.1) is 96.0 Å². The van der Waals surface area contributed by atoms with Crippen molar-refractivity contribution in [3.05, 3.63) is 173 Å². The van der Waals surface area contributed by atoms with Crippen LogP contribution in [0.1, 0.15) is 165 Å². The van der Waals surface area contributed by atoms with Gasteiger partial charge in [-0.15, -0.1) is 0 Å². The average molecular weight is 1610 g/mol. The second-order valence-corrected chi connectivity index (χ2v) is 32.4. The van der Waals surface area contributed by atoms with E-state index in [2.05, 4.69) is 78.7 Å². The number of hydrogen-bond acceptors (Lipinski definition) is 23. The van der Waals surface area contributed by atoms with E-state index < -0.39 is 17.0 Å². The summed E-state index contributed by atoms with van der Waals surface area (Å²) in [6.45, 7) is 29.3. The minimum atomic E-state index is -0.963. The van der Waals surface area contributed by atoms with Gasteiger partial charge in [0.15, 0.2) is 23.2 Å². The van der Waals surface area contributed by atoms with Crippen LogP contribution in [0, 0.1) is 5.92 Å². The Bertz CT molecular complexity index is 5760. The van der Waals surface area contributed by atoms with E-state index in [0.717, 1.165) is 125 Å². The number of hydroxylamine groups is 2. The summed E-state index contributed by atoms with van der Waals surface area (Å²) < 4.78 is 37.4. The quantitative estimate of drug-likeness (QED) is 0.0276. The third-order valence-corrected chi connectivity index (χ3v) is 21.3. The van der Waals surface area contributed by atoms with E-state index >= 15 is 0 Å². The highest BCUT2D eigenvalue weighted by Gasteiger charge is 2.38. The summed E-state index contributed by atoms with van der Waals surface area (Å²) in [7, 11) is 3.02. The van der Waals surface area contributed by atoms with E-state index in [1.807, 2.05) is 118 Å². The minimum Gasteiger partial charge on any atom is -0.392 e. The van der Waals surface area contributed by atoms with Gasteiger partial charge in [0, 0.05) is 79.9 Å². The zero-order valence-corrected chi connectivity index (χ0v) is 70.2. The molecular formula is C90H112N18O10. The zero-order valence-electron chi connectivity index (χ0n) is 70.2. The third-order valence-electron chi connectivity index (χ3n) is 21.3. The molecule has 8 aromatic heterocycles. The molecule has 28 nitrogen and oxygen atoms in total. The van der Waals surface area contributed by atoms with Crippen molar-refractivity contribution in [3.63, 3.8) is 0 Å². The molecule has 3 atom stereocenters. The molecule has 2 aliphatic heterocycles. The molecular weight excluding hydrogens is 1490 g/mol. The number of amidine groups is 1. The second kappa shape index (κ2) is 36.1. The maximum Gasteiger partial charge on any atom is 0.277 e. The number of aliphatic hydroxyl groups excluding tert-OH is 1. The third kappa shape index (κ3) is 18.8. The monoisotopic (exact) mass is 1600 g/mol. The Morgan fingerprint density at radius 3 is 1.47 bits per heavy atom. The number of imidazole rings is 4. The fourth-order valence-electron chi connectivity index (χ4n) is 15.8. The molecule has 0 bridgehead atoms. The fourth-order valence-corrected chi connectivity index (χ4v) is 15.8. The smallest absolute Gasteiger partial charge is 0.277 e. The fraction of sp³-hybridized carbons (Fsp3) is 0.422. The first kappa shape index (κ1) is 85.0. The van der Waals surface area contributed by atoms with Crippen molar-refractivity contribution < 1.29 is 48.6 Å². The molecule has 1 aliphatic carbocycles. The molecule has 28 heteroatoms. The van der Waals surface area contributed by atoms with Gasteiger partial charge in [-0.05, 0) is 162 Å². The van der Waals surface area contributed by atoms with Crippen molar-refractivity contribution in [3.8, 4) is 33.4 Å². The number of nitrogens with two attached hydrogens (primary N) is 4. The number of aliphatic hydroxyl groups is 3. The highest BCUT2D eigenvalue weighted by atomic mass is 16.7. The average Bonchev–Trinajstić information content (AvgIpc) is 1.58. The molecule has 10 heterocycles. The molecule has 1 saturated carbocycles. The van der Waals surface area contributed by atoms with E-state index in [1.165, 1.54) is 37.1 Å².